The number of hydrogen-bond acceptors (Lipinski definition) is 4. The van der Waals surface area contributed by atoms with Crippen molar-refractivity contribution in [2.45, 2.75) is 26.8 Å². The summed E-state index contributed by atoms with van der Waals surface area (Å²) in [4.78, 5) is 27.0. The van der Waals surface area contributed by atoms with Gasteiger partial charge in [0, 0.05) is 7.05 Å². The summed E-state index contributed by atoms with van der Waals surface area (Å²) in [5.41, 5.74) is 3.48. The van der Waals surface area contributed by atoms with Gasteiger partial charge in [-0.05, 0) is 56.2 Å². The van der Waals surface area contributed by atoms with Crippen LogP contribution < -0.4 is 10.1 Å². The van der Waals surface area contributed by atoms with E-state index in [4.69, 9.17) is 9.47 Å². The van der Waals surface area contributed by atoms with Crippen LogP contribution in [0.3, 0.4) is 0 Å². The number of ether oxygens (including phenoxy) is 2. The van der Waals surface area contributed by atoms with Gasteiger partial charge < -0.3 is 14.8 Å². The molecule has 2 amide bonds. The van der Waals surface area contributed by atoms with E-state index < -0.39 is 12.0 Å². The molecule has 7 heteroatoms. The van der Waals surface area contributed by atoms with E-state index in [1.54, 1.807) is 14.0 Å². The molecule has 1 atom stereocenters. The standard InChI is InChI=1S/C23H25FN2O4/c1-5-29-22(27)20-19(13-30-17-10-8-16(24)9-11-17)26(4)23(28)25-21(20)18-12-14(2)6-7-15(18)3/h6-12,21H,5,13H2,1-4H3,(H,25,28)/t21-/m0/s1. The first-order valence-corrected chi connectivity index (χ1v) is 9.71. The quantitative estimate of drug-likeness (QED) is 0.728. The Balaban J connectivity index is 2.06. The van der Waals surface area contributed by atoms with Crippen LogP contribution in [0.1, 0.15) is 29.7 Å². The largest absolute Gasteiger partial charge is 0.487 e. The van der Waals surface area contributed by atoms with Crippen molar-refractivity contribution in [1.29, 1.82) is 0 Å². The number of aryl methyl sites for hydroxylation is 2. The Bertz CT molecular complexity index is 985. The number of nitrogens with zero attached hydrogens (tertiary/aromatic N) is 1. The van der Waals surface area contributed by atoms with E-state index in [9.17, 15) is 14.0 Å². The van der Waals surface area contributed by atoms with E-state index in [0.717, 1.165) is 16.7 Å². The number of carbonyl (C=O) groups is 2. The maximum absolute atomic E-state index is 13.2. The van der Waals surface area contributed by atoms with Gasteiger partial charge in [-0.15, -0.1) is 0 Å². The van der Waals surface area contributed by atoms with Crippen molar-refractivity contribution in [1.82, 2.24) is 10.2 Å². The second kappa shape index (κ2) is 8.98. The molecule has 1 aliphatic heterocycles. The fraction of sp³-hybridized carbons (Fsp3) is 0.304. The zero-order valence-electron chi connectivity index (χ0n) is 17.5. The van der Waals surface area contributed by atoms with Gasteiger partial charge in [0.2, 0.25) is 0 Å². The first kappa shape index (κ1) is 21.4. The van der Waals surface area contributed by atoms with Crippen molar-refractivity contribution in [3.63, 3.8) is 0 Å². The second-order valence-electron chi connectivity index (χ2n) is 7.12. The zero-order valence-corrected chi connectivity index (χ0v) is 17.5. The summed E-state index contributed by atoms with van der Waals surface area (Å²) >= 11 is 0. The molecule has 0 saturated carbocycles. The number of halogens is 1. The second-order valence-corrected chi connectivity index (χ2v) is 7.12. The molecule has 0 radical (unpaired) electrons. The van der Waals surface area contributed by atoms with Crippen molar-refractivity contribution in [3.8, 4) is 5.75 Å². The van der Waals surface area contributed by atoms with Gasteiger partial charge in [0.1, 0.15) is 18.2 Å². The van der Waals surface area contributed by atoms with Gasteiger partial charge >= 0.3 is 12.0 Å². The summed E-state index contributed by atoms with van der Waals surface area (Å²) in [6.45, 7) is 5.75. The van der Waals surface area contributed by atoms with E-state index >= 15 is 0 Å². The predicted octanol–water partition coefficient (Wildman–Crippen LogP) is 4.03. The molecule has 0 bridgehead atoms. The van der Waals surface area contributed by atoms with Gasteiger partial charge in [0.25, 0.3) is 0 Å². The summed E-state index contributed by atoms with van der Waals surface area (Å²) < 4.78 is 24.2. The molecular weight excluding hydrogens is 387 g/mol. The lowest BCUT2D eigenvalue weighted by atomic mass is 9.90. The van der Waals surface area contributed by atoms with Gasteiger partial charge in [-0.1, -0.05) is 23.8 Å². The van der Waals surface area contributed by atoms with Gasteiger partial charge in [0.15, 0.2) is 0 Å². The number of amides is 2. The Hall–Kier alpha value is -3.35. The molecule has 0 unspecified atom stereocenters. The minimum Gasteiger partial charge on any atom is -0.487 e. The number of hydrogen-bond donors (Lipinski definition) is 1. The Morgan fingerprint density at radius 1 is 1.17 bits per heavy atom. The molecule has 2 aromatic carbocycles. The number of esters is 1. The number of nitrogens with one attached hydrogen (secondary N) is 1. The number of rotatable bonds is 6. The molecule has 6 nitrogen and oxygen atoms in total. The van der Waals surface area contributed by atoms with Crippen molar-refractivity contribution < 1.29 is 23.5 Å². The highest BCUT2D eigenvalue weighted by Crippen LogP contribution is 2.33. The Morgan fingerprint density at radius 3 is 2.53 bits per heavy atom. The molecule has 0 aromatic heterocycles. The number of carbonyl (C=O) groups excluding carboxylic acids is 2. The molecule has 0 aliphatic carbocycles. The molecule has 0 saturated heterocycles. The first-order chi connectivity index (χ1) is 14.3. The van der Waals surface area contributed by atoms with E-state index in [1.807, 2.05) is 32.0 Å². The van der Waals surface area contributed by atoms with E-state index in [1.165, 1.54) is 29.2 Å². The number of benzene rings is 2. The molecular formula is C23H25FN2O4. The number of urea groups is 1. The maximum Gasteiger partial charge on any atom is 0.338 e. The predicted molar refractivity (Wildman–Crippen MR) is 111 cm³/mol. The third kappa shape index (κ3) is 4.45. The van der Waals surface area contributed by atoms with Crippen LogP contribution in [0, 0.1) is 19.7 Å². The molecule has 1 aliphatic rings. The van der Waals surface area contributed by atoms with E-state index in [2.05, 4.69) is 5.32 Å². The molecule has 0 spiro atoms. The molecule has 30 heavy (non-hydrogen) atoms. The van der Waals surface area contributed by atoms with Crippen LogP contribution in [0.2, 0.25) is 0 Å². The summed E-state index contributed by atoms with van der Waals surface area (Å²) in [7, 11) is 1.57. The van der Waals surface area contributed by atoms with Crippen LogP contribution in [0.25, 0.3) is 0 Å². The van der Waals surface area contributed by atoms with Crippen molar-refractivity contribution in [2.24, 2.45) is 0 Å². The van der Waals surface area contributed by atoms with Crippen LogP contribution >= 0.6 is 0 Å². The topological polar surface area (TPSA) is 67.9 Å². The SMILES string of the molecule is CCOC(=O)C1=C(COc2ccc(F)cc2)N(C)C(=O)N[C@H]1c1cc(C)ccc1C. The van der Waals surface area contributed by atoms with Gasteiger partial charge in [-0.3, -0.25) is 4.90 Å². The molecule has 2 aromatic rings. The lowest BCUT2D eigenvalue weighted by Gasteiger charge is -2.35. The van der Waals surface area contributed by atoms with Crippen LogP contribution in [0.4, 0.5) is 9.18 Å². The third-order valence-electron chi connectivity index (χ3n) is 5.01. The zero-order chi connectivity index (χ0) is 21.8. The highest BCUT2D eigenvalue weighted by atomic mass is 19.1. The summed E-state index contributed by atoms with van der Waals surface area (Å²) in [6, 6.07) is 10.4. The van der Waals surface area contributed by atoms with Gasteiger partial charge in [-0.25, -0.2) is 14.0 Å². The average Bonchev–Trinajstić information content (AvgIpc) is 2.72. The highest BCUT2D eigenvalue weighted by molar-refractivity contribution is 5.95. The van der Waals surface area contributed by atoms with Gasteiger partial charge in [0.05, 0.1) is 23.9 Å². The monoisotopic (exact) mass is 412 g/mol. The molecule has 158 valence electrons. The Kier molecular flexibility index (Phi) is 6.40. The normalized spacial score (nSPS) is 16.4. The van der Waals surface area contributed by atoms with E-state index in [0.29, 0.717) is 17.0 Å². The molecule has 3 rings (SSSR count). The summed E-state index contributed by atoms with van der Waals surface area (Å²) in [5.74, 6) is -0.472. The Morgan fingerprint density at radius 2 is 1.87 bits per heavy atom. The minimum absolute atomic E-state index is 0.0505. The molecule has 0 fully saturated rings. The lowest BCUT2D eigenvalue weighted by Crippen LogP contribution is -2.48. The summed E-state index contributed by atoms with van der Waals surface area (Å²) in [6.07, 6.45) is 0. The molecule has 1 heterocycles. The third-order valence-corrected chi connectivity index (χ3v) is 5.01. The maximum atomic E-state index is 13.2. The Labute approximate surface area is 175 Å². The van der Waals surface area contributed by atoms with Crippen LogP contribution in [0.15, 0.2) is 53.7 Å². The average molecular weight is 412 g/mol. The summed E-state index contributed by atoms with van der Waals surface area (Å²) in [5, 5.41) is 2.90. The lowest BCUT2D eigenvalue weighted by molar-refractivity contribution is -0.139. The minimum atomic E-state index is -0.667. The fourth-order valence-electron chi connectivity index (χ4n) is 3.37. The van der Waals surface area contributed by atoms with Gasteiger partial charge in [-0.2, -0.15) is 0 Å². The van der Waals surface area contributed by atoms with Crippen LogP contribution in [-0.2, 0) is 9.53 Å². The smallest absolute Gasteiger partial charge is 0.338 e. The van der Waals surface area contributed by atoms with Crippen molar-refractivity contribution >= 4 is 12.0 Å². The van der Waals surface area contributed by atoms with Crippen LogP contribution in [-0.4, -0.2) is 37.2 Å². The van der Waals surface area contributed by atoms with E-state index in [-0.39, 0.29) is 25.1 Å². The number of likely N-dealkylation sites (N-methyl/N-ethyl adjacent to an activating group) is 1. The van der Waals surface area contributed by atoms with Crippen molar-refractivity contribution in [3.05, 3.63) is 76.2 Å². The molecule has 1 N–H and O–H groups in total. The van der Waals surface area contributed by atoms with Crippen LogP contribution in [0.5, 0.6) is 5.75 Å². The highest BCUT2D eigenvalue weighted by Gasteiger charge is 2.37. The first-order valence-electron chi connectivity index (χ1n) is 9.71. The fourth-order valence-corrected chi connectivity index (χ4v) is 3.37. The van der Waals surface area contributed by atoms with Crippen molar-refractivity contribution in [2.75, 3.05) is 20.3 Å².